The molecule has 1 saturated carbocycles. The number of hydrogen-bond donors (Lipinski definition) is 2. The van der Waals surface area contributed by atoms with Gasteiger partial charge < -0.3 is 15.5 Å². The van der Waals surface area contributed by atoms with Crippen LogP contribution in [0.15, 0.2) is 53.9 Å². The molecular weight excluding hydrogens is 446 g/mol. The van der Waals surface area contributed by atoms with E-state index in [0.29, 0.717) is 43.7 Å². The molecule has 0 atom stereocenters. The van der Waals surface area contributed by atoms with Crippen molar-refractivity contribution in [3.63, 3.8) is 0 Å². The van der Waals surface area contributed by atoms with Gasteiger partial charge in [0.05, 0.1) is 11.3 Å². The Morgan fingerprint density at radius 3 is 2.26 bits per heavy atom. The van der Waals surface area contributed by atoms with Crippen LogP contribution >= 0.6 is 11.3 Å². The van der Waals surface area contributed by atoms with Crippen LogP contribution in [-0.2, 0) is 16.0 Å². The smallest absolute Gasteiger partial charge is 0.255 e. The second kappa shape index (κ2) is 9.97. The number of carbonyl (C=O) groups is 3. The van der Waals surface area contributed by atoms with E-state index in [1.807, 2.05) is 52.7 Å². The van der Waals surface area contributed by atoms with Gasteiger partial charge >= 0.3 is 0 Å². The van der Waals surface area contributed by atoms with E-state index in [1.165, 1.54) is 4.88 Å². The first-order chi connectivity index (χ1) is 16.6. The Kier molecular flexibility index (Phi) is 6.63. The maximum absolute atomic E-state index is 13.5. The lowest BCUT2D eigenvalue weighted by molar-refractivity contribution is -0.126. The summed E-state index contributed by atoms with van der Waals surface area (Å²) in [4.78, 5) is 41.6. The average molecular weight is 476 g/mol. The number of fused-ring (bicyclic) bond motifs is 1. The number of carbonyl (C=O) groups excluding carboxylic acids is 3. The Balaban J connectivity index is 1.23. The molecule has 5 rings (SSSR count). The summed E-state index contributed by atoms with van der Waals surface area (Å²) < 4.78 is 0. The molecule has 0 spiro atoms. The maximum Gasteiger partial charge on any atom is 0.255 e. The zero-order chi connectivity index (χ0) is 23.5. The molecule has 6 nitrogen and oxygen atoms in total. The van der Waals surface area contributed by atoms with Gasteiger partial charge in [-0.1, -0.05) is 30.3 Å². The number of benzene rings is 2. The molecule has 1 aromatic heterocycles. The minimum Gasteiger partial charge on any atom is -0.355 e. The number of piperidine rings is 1. The molecule has 1 aliphatic heterocycles. The molecule has 2 N–H and O–H groups in total. The third kappa shape index (κ3) is 5.14. The van der Waals surface area contributed by atoms with Crippen LogP contribution in [0.5, 0.6) is 0 Å². The molecule has 0 unspecified atom stereocenters. The quantitative estimate of drug-likeness (QED) is 0.530. The number of nitrogens with zero attached hydrogens (tertiary/aromatic N) is 1. The summed E-state index contributed by atoms with van der Waals surface area (Å²) in [5.74, 6) is -0.0380. The Morgan fingerprint density at radius 2 is 1.59 bits per heavy atom. The molecule has 34 heavy (non-hydrogen) atoms. The zero-order valence-electron chi connectivity index (χ0n) is 19.1. The van der Waals surface area contributed by atoms with Crippen molar-refractivity contribution in [2.45, 2.75) is 32.1 Å². The predicted octanol–water partition coefficient (Wildman–Crippen LogP) is 4.46. The van der Waals surface area contributed by atoms with Gasteiger partial charge in [-0.3, -0.25) is 14.4 Å². The number of nitrogens with one attached hydrogen (secondary N) is 2. The van der Waals surface area contributed by atoms with Crippen LogP contribution in [0.1, 0.15) is 40.9 Å². The summed E-state index contributed by atoms with van der Waals surface area (Å²) in [5.41, 5.74) is 1.10. The molecule has 3 aromatic rings. The van der Waals surface area contributed by atoms with Gasteiger partial charge in [-0.15, -0.1) is 11.3 Å². The summed E-state index contributed by atoms with van der Waals surface area (Å²) in [6.45, 7) is 1.70. The topological polar surface area (TPSA) is 78.5 Å². The lowest BCUT2D eigenvalue weighted by Crippen LogP contribution is -2.43. The fourth-order valence-electron chi connectivity index (χ4n) is 4.52. The largest absolute Gasteiger partial charge is 0.355 e. The van der Waals surface area contributed by atoms with E-state index < -0.39 is 0 Å². The van der Waals surface area contributed by atoms with Crippen molar-refractivity contribution in [1.29, 1.82) is 0 Å². The monoisotopic (exact) mass is 475 g/mol. The van der Waals surface area contributed by atoms with Crippen molar-refractivity contribution in [3.05, 3.63) is 64.4 Å². The van der Waals surface area contributed by atoms with Gasteiger partial charge in [0.1, 0.15) is 0 Å². The molecule has 2 fully saturated rings. The highest BCUT2D eigenvalue weighted by Crippen LogP contribution is 2.32. The van der Waals surface area contributed by atoms with Crippen LogP contribution in [-0.4, -0.2) is 42.3 Å². The Morgan fingerprint density at radius 1 is 0.882 bits per heavy atom. The predicted molar refractivity (Wildman–Crippen MR) is 135 cm³/mol. The van der Waals surface area contributed by atoms with E-state index in [1.54, 1.807) is 11.3 Å². The molecule has 1 saturated heterocycles. The van der Waals surface area contributed by atoms with Crippen LogP contribution in [0.2, 0.25) is 0 Å². The number of likely N-dealkylation sites (tertiary alicyclic amines) is 1. The highest BCUT2D eigenvalue weighted by atomic mass is 32.1. The molecule has 7 heteroatoms. The van der Waals surface area contributed by atoms with E-state index in [-0.39, 0.29) is 29.6 Å². The Hall–Kier alpha value is -3.19. The maximum atomic E-state index is 13.5. The van der Waals surface area contributed by atoms with Crippen molar-refractivity contribution < 1.29 is 14.4 Å². The van der Waals surface area contributed by atoms with Crippen molar-refractivity contribution in [2.75, 3.05) is 25.0 Å². The van der Waals surface area contributed by atoms with E-state index in [2.05, 4.69) is 16.7 Å². The van der Waals surface area contributed by atoms with E-state index in [4.69, 9.17) is 0 Å². The van der Waals surface area contributed by atoms with Gasteiger partial charge in [0.15, 0.2) is 0 Å². The van der Waals surface area contributed by atoms with Crippen LogP contribution in [0.3, 0.4) is 0 Å². The first-order valence-corrected chi connectivity index (χ1v) is 12.9. The van der Waals surface area contributed by atoms with E-state index >= 15 is 0 Å². The van der Waals surface area contributed by atoms with Crippen LogP contribution in [0.25, 0.3) is 10.8 Å². The number of anilines is 1. The fourth-order valence-corrected chi connectivity index (χ4v) is 5.23. The SMILES string of the molecule is O=C(NCCc1cccs1)C1CCN(C(=O)c2cc3ccccc3cc2NC(=O)C2CC2)CC1. The van der Waals surface area contributed by atoms with Gasteiger partial charge in [-0.25, -0.2) is 0 Å². The van der Waals surface area contributed by atoms with Crippen LogP contribution in [0, 0.1) is 11.8 Å². The van der Waals surface area contributed by atoms with Gasteiger partial charge in [-0.2, -0.15) is 0 Å². The summed E-state index contributed by atoms with van der Waals surface area (Å²) in [6, 6.07) is 15.7. The molecule has 2 heterocycles. The van der Waals surface area contributed by atoms with Crippen molar-refractivity contribution in [1.82, 2.24) is 10.2 Å². The van der Waals surface area contributed by atoms with Crippen LogP contribution in [0.4, 0.5) is 5.69 Å². The average Bonchev–Trinajstić information content (AvgIpc) is 3.59. The first kappa shape index (κ1) is 22.6. The summed E-state index contributed by atoms with van der Waals surface area (Å²) in [7, 11) is 0. The molecular formula is C27H29N3O3S. The summed E-state index contributed by atoms with van der Waals surface area (Å²) in [6.07, 6.45) is 3.96. The molecule has 0 radical (unpaired) electrons. The fraction of sp³-hybridized carbons (Fsp3) is 0.370. The normalized spacial score (nSPS) is 16.4. The van der Waals surface area contributed by atoms with E-state index in [9.17, 15) is 14.4 Å². The van der Waals surface area contributed by atoms with Crippen molar-refractivity contribution >= 4 is 45.5 Å². The summed E-state index contributed by atoms with van der Waals surface area (Å²) in [5, 5.41) is 10.0. The highest BCUT2D eigenvalue weighted by Gasteiger charge is 2.32. The molecule has 1 aliphatic carbocycles. The minimum atomic E-state index is -0.0894. The number of hydrogen-bond acceptors (Lipinski definition) is 4. The standard InChI is InChI=1S/C27H29N3O3S/c31-25(28-12-9-22-6-3-15-34-22)19-10-13-30(14-11-19)27(33)23-16-20-4-1-2-5-21(20)17-24(23)29-26(32)18-7-8-18/h1-6,15-19H,7-14H2,(H,28,31)(H,29,32). The number of thiophene rings is 1. The lowest BCUT2D eigenvalue weighted by atomic mass is 9.95. The Bertz CT molecular complexity index is 1200. The zero-order valence-corrected chi connectivity index (χ0v) is 19.9. The Labute approximate surface area is 203 Å². The lowest BCUT2D eigenvalue weighted by Gasteiger charge is -2.32. The van der Waals surface area contributed by atoms with Gasteiger partial charge in [0.25, 0.3) is 5.91 Å². The first-order valence-electron chi connectivity index (χ1n) is 12.0. The van der Waals surface area contributed by atoms with Crippen molar-refractivity contribution in [2.24, 2.45) is 11.8 Å². The molecule has 0 bridgehead atoms. The van der Waals surface area contributed by atoms with Crippen LogP contribution < -0.4 is 10.6 Å². The van der Waals surface area contributed by atoms with Gasteiger partial charge in [0, 0.05) is 36.3 Å². The molecule has 3 amide bonds. The van der Waals surface area contributed by atoms with Gasteiger partial charge in [-0.05, 0) is 66.5 Å². The third-order valence-corrected chi connectivity index (χ3v) is 7.66. The highest BCUT2D eigenvalue weighted by molar-refractivity contribution is 7.09. The van der Waals surface area contributed by atoms with E-state index in [0.717, 1.165) is 30.0 Å². The summed E-state index contributed by atoms with van der Waals surface area (Å²) >= 11 is 1.70. The molecule has 176 valence electrons. The number of amides is 3. The van der Waals surface area contributed by atoms with Gasteiger partial charge in [0.2, 0.25) is 11.8 Å². The number of rotatable bonds is 7. The second-order valence-electron chi connectivity index (χ2n) is 9.20. The minimum absolute atomic E-state index is 0.0118. The molecule has 2 aliphatic rings. The second-order valence-corrected chi connectivity index (χ2v) is 10.2. The third-order valence-electron chi connectivity index (χ3n) is 6.73. The van der Waals surface area contributed by atoms with Crippen molar-refractivity contribution in [3.8, 4) is 0 Å². The molecule has 2 aromatic carbocycles.